The van der Waals surface area contributed by atoms with Crippen LogP contribution in [0.25, 0.3) is 28.0 Å². The monoisotopic (exact) mass is 386 g/mol. The van der Waals surface area contributed by atoms with Crippen LogP contribution in [0.4, 0.5) is 0 Å². The molecule has 3 aromatic heterocycles. The highest BCUT2D eigenvalue weighted by molar-refractivity contribution is 5.95. The molecule has 1 amide bonds. The highest BCUT2D eigenvalue weighted by Gasteiger charge is 2.16. The number of amides is 1. The lowest BCUT2D eigenvalue weighted by Gasteiger charge is -2.13. The Morgan fingerprint density at radius 3 is 2.62 bits per heavy atom. The molecule has 0 atom stereocenters. The van der Waals surface area contributed by atoms with E-state index in [9.17, 15) is 9.59 Å². The lowest BCUT2D eigenvalue weighted by molar-refractivity contribution is 0.0600. The molecule has 0 aliphatic heterocycles. The molecule has 0 saturated heterocycles. The average Bonchev–Trinajstić information content (AvgIpc) is 3.16. The molecule has 0 aliphatic rings. The molecule has 0 radical (unpaired) electrons. The smallest absolute Gasteiger partial charge is 0.337 e. The number of methoxy groups -OCH3 is 1. The molecule has 4 rings (SSSR count). The molecular weight excluding hydrogens is 368 g/mol. The zero-order valence-corrected chi connectivity index (χ0v) is 15.9. The number of aryl methyl sites for hydroxylation is 1. The van der Waals surface area contributed by atoms with Crippen LogP contribution >= 0.6 is 0 Å². The Bertz CT molecular complexity index is 1260. The van der Waals surface area contributed by atoms with Crippen molar-refractivity contribution in [2.45, 2.75) is 6.92 Å². The molecule has 0 aliphatic carbocycles. The number of rotatable bonds is 4. The van der Waals surface area contributed by atoms with Crippen molar-refractivity contribution in [1.82, 2.24) is 14.4 Å². The van der Waals surface area contributed by atoms with Gasteiger partial charge in [0.2, 0.25) is 0 Å². The quantitative estimate of drug-likeness (QED) is 0.543. The molecule has 0 saturated carbocycles. The van der Waals surface area contributed by atoms with E-state index in [-0.39, 0.29) is 5.69 Å². The molecule has 144 valence electrons. The van der Waals surface area contributed by atoms with Gasteiger partial charge in [-0.3, -0.25) is 14.2 Å². The van der Waals surface area contributed by atoms with E-state index in [0.29, 0.717) is 11.2 Å². The minimum absolute atomic E-state index is 0.279. The molecule has 29 heavy (non-hydrogen) atoms. The van der Waals surface area contributed by atoms with Gasteiger partial charge in [0.15, 0.2) is 0 Å². The van der Waals surface area contributed by atoms with Crippen molar-refractivity contribution in [2.75, 3.05) is 7.11 Å². The number of nitrogens with two attached hydrogens (primary N) is 1. The zero-order valence-electron chi connectivity index (χ0n) is 15.9. The van der Waals surface area contributed by atoms with Crippen molar-refractivity contribution >= 4 is 17.5 Å². The van der Waals surface area contributed by atoms with E-state index in [0.717, 1.165) is 28.1 Å². The number of benzene rings is 1. The molecule has 1 aromatic carbocycles. The Kier molecular flexibility index (Phi) is 4.56. The van der Waals surface area contributed by atoms with E-state index in [4.69, 9.17) is 10.5 Å². The third-order valence-electron chi connectivity index (χ3n) is 4.67. The lowest BCUT2D eigenvalue weighted by atomic mass is 9.96. The van der Waals surface area contributed by atoms with Crippen molar-refractivity contribution < 1.29 is 14.3 Å². The normalized spacial score (nSPS) is 10.8. The van der Waals surface area contributed by atoms with Crippen molar-refractivity contribution in [3.63, 3.8) is 0 Å². The summed E-state index contributed by atoms with van der Waals surface area (Å²) in [6.45, 7) is 1.92. The Hall–Kier alpha value is -4.00. The van der Waals surface area contributed by atoms with Gasteiger partial charge in [-0.15, -0.1) is 0 Å². The molecule has 4 aromatic rings. The highest BCUT2D eigenvalue weighted by atomic mass is 16.5. The Labute approximate surface area is 166 Å². The van der Waals surface area contributed by atoms with E-state index in [2.05, 4.69) is 9.97 Å². The van der Waals surface area contributed by atoms with E-state index < -0.39 is 11.9 Å². The summed E-state index contributed by atoms with van der Waals surface area (Å²) in [5, 5.41) is 0. The Morgan fingerprint density at radius 2 is 1.90 bits per heavy atom. The minimum atomic E-state index is -0.571. The summed E-state index contributed by atoms with van der Waals surface area (Å²) in [7, 11) is 1.34. The second-order valence-corrected chi connectivity index (χ2v) is 6.57. The van der Waals surface area contributed by atoms with Crippen molar-refractivity contribution in [2.24, 2.45) is 5.73 Å². The average molecular weight is 386 g/mol. The van der Waals surface area contributed by atoms with Gasteiger partial charge in [-0.25, -0.2) is 9.78 Å². The van der Waals surface area contributed by atoms with Crippen LogP contribution in [0.1, 0.15) is 26.5 Å². The van der Waals surface area contributed by atoms with Gasteiger partial charge in [0.1, 0.15) is 11.3 Å². The first kappa shape index (κ1) is 18.4. The van der Waals surface area contributed by atoms with Crippen LogP contribution in [0.2, 0.25) is 0 Å². The van der Waals surface area contributed by atoms with Crippen molar-refractivity contribution in [1.29, 1.82) is 0 Å². The van der Waals surface area contributed by atoms with E-state index in [1.165, 1.54) is 13.3 Å². The molecular formula is C22H18N4O3. The largest absolute Gasteiger partial charge is 0.465 e. The van der Waals surface area contributed by atoms with Gasteiger partial charge in [0.05, 0.1) is 24.6 Å². The maximum Gasteiger partial charge on any atom is 0.337 e. The fraction of sp³-hybridized carbons (Fsp3) is 0.0909. The van der Waals surface area contributed by atoms with Crippen LogP contribution in [0.3, 0.4) is 0 Å². The summed E-state index contributed by atoms with van der Waals surface area (Å²) < 4.78 is 6.50. The van der Waals surface area contributed by atoms with Gasteiger partial charge in [-0.2, -0.15) is 0 Å². The topological polar surface area (TPSA) is 99.6 Å². The number of carbonyl (C=O) groups is 2. The number of carbonyl (C=O) groups excluding carboxylic acids is 2. The van der Waals surface area contributed by atoms with Gasteiger partial charge in [-0.05, 0) is 54.4 Å². The van der Waals surface area contributed by atoms with Crippen LogP contribution in [-0.4, -0.2) is 33.4 Å². The van der Waals surface area contributed by atoms with Crippen LogP contribution < -0.4 is 5.73 Å². The number of hydrogen-bond donors (Lipinski definition) is 1. The molecule has 0 bridgehead atoms. The molecule has 7 nitrogen and oxygen atoms in total. The van der Waals surface area contributed by atoms with E-state index in [1.54, 1.807) is 28.8 Å². The minimum Gasteiger partial charge on any atom is -0.465 e. The molecule has 2 N–H and O–H groups in total. The SMILES string of the molecule is COC(=O)c1ccc(-c2cccc(C)n2)c(-c2ccc3ncc(C(N)=O)n3c2)c1. The lowest BCUT2D eigenvalue weighted by Crippen LogP contribution is -2.13. The summed E-state index contributed by atoms with van der Waals surface area (Å²) >= 11 is 0. The van der Waals surface area contributed by atoms with Crippen LogP contribution in [0.15, 0.2) is 60.9 Å². The van der Waals surface area contributed by atoms with E-state index in [1.807, 2.05) is 37.3 Å². The Balaban J connectivity index is 1.97. The van der Waals surface area contributed by atoms with Crippen molar-refractivity contribution in [3.05, 3.63) is 77.9 Å². The summed E-state index contributed by atoms with van der Waals surface area (Å²) in [5.41, 5.74) is 10.8. The van der Waals surface area contributed by atoms with Gasteiger partial charge >= 0.3 is 5.97 Å². The van der Waals surface area contributed by atoms with Crippen LogP contribution in [-0.2, 0) is 4.74 Å². The van der Waals surface area contributed by atoms with Gasteiger partial charge in [0, 0.05) is 17.5 Å². The number of ether oxygens (including phenoxy) is 1. The standard InChI is InChI=1S/C22H18N4O3/c1-13-4-3-5-18(25-13)16-8-6-14(22(28)29-2)10-17(16)15-7-9-20-24-11-19(21(23)27)26(20)12-15/h3-12H,1-2H3,(H2,23,27). The number of aromatic nitrogens is 3. The first-order chi connectivity index (χ1) is 14.0. The van der Waals surface area contributed by atoms with E-state index >= 15 is 0 Å². The summed E-state index contributed by atoms with van der Waals surface area (Å²) in [6.07, 6.45) is 3.22. The second-order valence-electron chi connectivity index (χ2n) is 6.57. The Morgan fingerprint density at radius 1 is 1.07 bits per heavy atom. The maximum atomic E-state index is 12.1. The van der Waals surface area contributed by atoms with Gasteiger partial charge in [0.25, 0.3) is 5.91 Å². The first-order valence-corrected chi connectivity index (χ1v) is 8.91. The predicted molar refractivity (Wildman–Crippen MR) is 108 cm³/mol. The number of nitrogens with zero attached hydrogens (tertiary/aromatic N) is 3. The number of imidazole rings is 1. The summed E-state index contributed by atoms with van der Waals surface area (Å²) in [5.74, 6) is -1.00. The summed E-state index contributed by atoms with van der Waals surface area (Å²) in [6, 6.07) is 14.7. The van der Waals surface area contributed by atoms with Gasteiger partial charge in [-0.1, -0.05) is 12.1 Å². The molecule has 0 spiro atoms. The first-order valence-electron chi connectivity index (χ1n) is 8.91. The molecule has 0 fully saturated rings. The number of hydrogen-bond acceptors (Lipinski definition) is 5. The maximum absolute atomic E-state index is 12.1. The highest BCUT2D eigenvalue weighted by Crippen LogP contribution is 2.33. The predicted octanol–water partition coefficient (Wildman–Crippen LogP) is 3.26. The number of fused-ring (bicyclic) bond motifs is 1. The van der Waals surface area contributed by atoms with Gasteiger partial charge < -0.3 is 10.5 Å². The molecule has 3 heterocycles. The number of esters is 1. The second kappa shape index (κ2) is 7.20. The zero-order chi connectivity index (χ0) is 20.5. The fourth-order valence-corrected chi connectivity index (χ4v) is 3.27. The molecule has 0 unspecified atom stereocenters. The van der Waals surface area contributed by atoms with Crippen LogP contribution in [0, 0.1) is 6.92 Å². The molecule has 7 heteroatoms. The van der Waals surface area contributed by atoms with Crippen LogP contribution in [0.5, 0.6) is 0 Å². The third kappa shape index (κ3) is 3.34. The number of primary amides is 1. The summed E-state index contributed by atoms with van der Waals surface area (Å²) in [4.78, 5) is 32.6. The number of pyridine rings is 2. The van der Waals surface area contributed by atoms with Crippen molar-refractivity contribution in [3.8, 4) is 22.4 Å². The third-order valence-corrected chi connectivity index (χ3v) is 4.67. The fourth-order valence-electron chi connectivity index (χ4n) is 3.27.